The second-order valence-electron chi connectivity index (χ2n) is 3.70. The van der Waals surface area contributed by atoms with E-state index in [9.17, 15) is 0 Å². The molecule has 2 rings (SSSR count). The summed E-state index contributed by atoms with van der Waals surface area (Å²) in [4.78, 5) is 0. The SMILES string of the molecule is N#Cc1cccc(-c2ccc(CN)c(Cl)c2)c1. The third-order valence-corrected chi connectivity index (χ3v) is 2.95. The lowest BCUT2D eigenvalue weighted by atomic mass is 10.0. The van der Waals surface area contributed by atoms with Crippen molar-refractivity contribution in [2.75, 3.05) is 0 Å². The molecule has 84 valence electrons. The molecule has 2 nitrogen and oxygen atoms in total. The van der Waals surface area contributed by atoms with Crippen LogP contribution in [0.3, 0.4) is 0 Å². The number of nitriles is 1. The highest BCUT2D eigenvalue weighted by Crippen LogP contribution is 2.26. The van der Waals surface area contributed by atoms with Gasteiger partial charge in [0.1, 0.15) is 0 Å². The minimum atomic E-state index is 0.428. The fourth-order valence-electron chi connectivity index (χ4n) is 1.66. The highest BCUT2D eigenvalue weighted by Gasteiger charge is 2.03. The van der Waals surface area contributed by atoms with Crippen LogP contribution in [0, 0.1) is 11.3 Å². The van der Waals surface area contributed by atoms with Crippen molar-refractivity contribution < 1.29 is 0 Å². The molecule has 0 radical (unpaired) electrons. The molecule has 17 heavy (non-hydrogen) atoms. The Morgan fingerprint density at radius 2 is 1.88 bits per heavy atom. The van der Waals surface area contributed by atoms with Gasteiger partial charge in [-0.25, -0.2) is 0 Å². The molecule has 0 saturated heterocycles. The number of nitrogens with zero attached hydrogens (tertiary/aromatic N) is 1. The van der Waals surface area contributed by atoms with Gasteiger partial charge >= 0.3 is 0 Å². The molecule has 0 heterocycles. The Morgan fingerprint density at radius 1 is 1.12 bits per heavy atom. The first-order valence-electron chi connectivity index (χ1n) is 5.23. The summed E-state index contributed by atoms with van der Waals surface area (Å²) in [5, 5.41) is 9.51. The van der Waals surface area contributed by atoms with Crippen LogP contribution in [0.1, 0.15) is 11.1 Å². The molecule has 0 aromatic heterocycles. The molecule has 0 aliphatic carbocycles. The lowest BCUT2D eigenvalue weighted by Crippen LogP contribution is -1.96. The Bertz CT molecular complexity index is 585. The van der Waals surface area contributed by atoms with Crippen LogP contribution >= 0.6 is 11.6 Å². The number of hydrogen-bond acceptors (Lipinski definition) is 2. The predicted molar refractivity (Wildman–Crippen MR) is 69.5 cm³/mol. The van der Waals surface area contributed by atoms with Gasteiger partial charge in [0, 0.05) is 11.6 Å². The van der Waals surface area contributed by atoms with Crippen LogP contribution in [0.4, 0.5) is 0 Å². The topological polar surface area (TPSA) is 49.8 Å². The number of benzene rings is 2. The Kier molecular flexibility index (Phi) is 3.43. The molecule has 2 aromatic carbocycles. The van der Waals surface area contributed by atoms with Crippen molar-refractivity contribution in [3.8, 4) is 17.2 Å². The molecule has 0 spiro atoms. The average molecular weight is 243 g/mol. The van der Waals surface area contributed by atoms with Gasteiger partial charge in [0.25, 0.3) is 0 Å². The average Bonchev–Trinajstić information content (AvgIpc) is 2.38. The highest BCUT2D eigenvalue weighted by molar-refractivity contribution is 6.31. The Hall–Kier alpha value is -1.82. The van der Waals surface area contributed by atoms with Crippen LogP contribution in [0.5, 0.6) is 0 Å². The fraction of sp³-hybridized carbons (Fsp3) is 0.0714. The van der Waals surface area contributed by atoms with Crippen LogP contribution in [0.15, 0.2) is 42.5 Å². The van der Waals surface area contributed by atoms with E-state index in [1.807, 2.05) is 36.4 Å². The van der Waals surface area contributed by atoms with Crippen molar-refractivity contribution >= 4 is 11.6 Å². The van der Waals surface area contributed by atoms with Crippen molar-refractivity contribution in [3.05, 3.63) is 58.6 Å². The van der Waals surface area contributed by atoms with Gasteiger partial charge in [0.15, 0.2) is 0 Å². The van der Waals surface area contributed by atoms with Crippen LogP contribution in [0.25, 0.3) is 11.1 Å². The molecule has 0 amide bonds. The second kappa shape index (κ2) is 5.01. The zero-order valence-corrected chi connectivity index (χ0v) is 9.91. The van der Waals surface area contributed by atoms with E-state index < -0.39 is 0 Å². The van der Waals surface area contributed by atoms with Gasteiger partial charge in [-0.2, -0.15) is 5.26 Å². The first-order valence-corrected chi connectivity index (χ1v) is 5.61. The van der Waals surface area contributed by atoms with Gasteiger partial charge in [0.2, 0.25) is 0 Å². The van der Waals surface area contributed by atoms with Crippen molar-refractivity contribution in [3.63, 3.8) is 0 Å². The summed E-state index contributed by atoms with van der Waals surface area (Å²) in [7, 11) is 0. The zero-order valence-electron chi connectivity index (χ0n) is 9.15. The van der Waals surface area contributed by atoms with Crippen molar-refractivity contribution in [2.24, 2.45) is 5.73 Å². The largest absolute Gasteiger partial charge is 0.326 e. The summed E-state index contributed by atoms with van der Waals surface area (Å²) in [6.07, 6.45) is 0. The van der Waals surface area contributed by atoms with Gasteiger partial charge in [0.05, 0.1) is 11.6 Å². The number of nitrogens with two attached hydrogens (primary N) is 1. The van der Waals surface area contributed by atoms with Crippen LogP contribution in [0.2, 0.25) is 5.02 Å². The van der Waals surface area contributed by atoms with Crippen LogP contribution in [-0.2, 0) is 6.54 Å². The minimum absolute atomic E-state index is 0.428. The lowest BCUT2D eigenvalue weighted by molar-refractivity contribution is 1.07. The lowest BCUT2D eigenvalue weighted by Gasteiger charge is -2.06. The molecule has 0 aliphatic rings. The third-order valence-electron chi connectivity index (χ3n) is 2.60. The smallest absolute Gasteiger partial charge is 0.0991 e. The third kappa shape index (κ3) is 2.47. The van der Waals surface area contributed by atoms with E-state index in [0.717, 1.165) is 16.7 Å². The van der Waals surface area contributed by atoms with Gasteiger partial charge in [-0.15, -0.1) is 0 Å². The van der Waals surface area contributed by atoms with Crippen LogP contribution in [-0.4, -0.2) is 0 Å². The van der Waals surface area contributed by atoms with E-state index >= 15 is 0 Å². The maximum Gasteiger partial charge on any atom is 0.0991 e. The summed E-state index contributed by atoms with van der Waals surface area (Å²) >= 11 is 6.11. The van der Waals surface area contributed by atoms with Gasteiger partial charge in [-0.3, -0.25) is 0 Å². The summed E-state index contributed by atoms with van der Waals surface area (Å²) in [6, 6.07) is 15.3. The molecule has 0 fully saturated rings. The van der Waals surface area contributed by atoms with E-state index in [2.05, 4.69) is 6.07 Å². The Morgan fingerprint density at radius 3 is 2.53 bits per heavy atom. The summed E-state index contributed by atoms with van der Waals surface area (Å²) in [6.45, 7) is 0.428. The fourth-order valence-corrected chi connectivity index (χ4v) is 1.92. The minimum Gasteiger partial charge on any atom is -0.326 e. The molecule has 0 unspecified atom stereocenters. The maximum absolute atomic E-state index is 8.85. The van der Waals surface area contributed by atoms with Gasteiger partial charge < -0.3 is 5.73 Å². The van der Waals surface area contributed by atoms with E-state index in [0.29, 0.717) is 17.1 Å². The molecule has 0 saturated carbocycles. The maximum atomic E-state index is 8.85. The van der Waals surface area contributed by atoms with Crippen LogP contribution < -0.4 is 5.73 Å². The highest BCUT2D eigenvalue weighted by atomic mass is 35.5. The molecule has 0 atom stereocenters. The molecular weight excluding hydrogens is 232 g/mol. The molecule has 0 aliphatic heterocycles. The number of rotatable bonds is 2. The summed E-state index contributed by atoms with van der Waals surface area (Å²) < 4.78 is 0. The van der Waals surface area contributed by atoms with Crippen molar-refractivity contribution in [2.45, 2.75) is 6.54 Å². The van der Waals surface area contributed by atoms with E-state index in [1.165, 1.54) is 0 Å². The van der Waals surface area contributed by atoms with Crippen molar-refractivity contribution in [1.82, 2.24) is 0 Å². The van der Waals surface area contributed by atoms with Gasteiger partial charge in [-0.05, 0) is 34.9 Å². The first-order chi connectivity index (χ1) is 8.24. The Balaban J connectivity index is 2.46. The standard InChI is InChI=1S/C14H11ClN2/c15-14-7-12(4-5-13(14)9-17)11-3-1-2-10(6-11)8-16/h1-7H,9,17H2. The van der Waals surface area contributed by atoms with E-state index in [1.54, 1.807) is 6.07 Å². The molecule has 2 N–H and O–H groups in total. The monoisotopic (exact) mass is 242 g/mol. The number of hydrogen-bond donors (Lipinski definition) is 1. The molecule has 0 bridgehead atoms. The van der Waals surface area contributed by atoms with Crippen molar-refractivity contribution in [1.29, 1.82) is 5.26 Å². The summed E-state index contributed by atoms with van der Waals surface area (Å²) in [5.74, 6) is 0. The zero-order chi connectivity index (χ0) is 12.3. The molecule has 2 aromatic rings. The van der Waals surface area contributed by atoms with E-state index in [-0.39, 0.29) is 0 Å². The second-order valence-corrected chi connectivity index (χ2v) is 4.11. The normalized spacial score (nSPS) is 9.94. The quantitative estimate of drug-likeness (QED) is 0.878. The molecule has 3 heteroatoms. The summed E-state index contributed by atoms with van der Waals surface area (Å²) in [5.41, 5.74) is 9.09. The molecular formula is C14H11ClN2. The first kappa shape index (κ1) is 11.7. The number of halogens is 1. The van der Waals surface area contributed by atoms with E-state index in [4.69, 9.17) is 22.6 Å². The Labute approximate surface area is 105 Å². The van der Waals surface area contributed by atoms with Gasteiger partial charge in [-0.1, -0.05) is 35.9 Å². The predicted octanol–water partition coefficient (Wildman–Crippen LogP) is 3.34.